The number of aromatic nitrogens is 5. The predicted molar refractivity (Wildman–Crippen MR) is 273 cm³/mol. The molecule has 0 unspecified atom stereocenters. The molecule has 0 N–H and O–H groups in total. The largest absolute Gasteiger partial charge is 0.309 e. The van der Waals surface area contributed by atoms with E-state index in [1.807, 2.05) is 36.4 Å². The molecule has 0 aliphatic carbocycles. The van der Waals surface area contributed by atoms with E-state index in [2.05, 4.69) is 209 Å². The Kier molecular flexibility index (Phi) is 8.78. The van der Waals surface area contributed by atoms with Gasteiger partial charge in [-0.25, -0.2) is 15.0 Å². The Hall–Kier alpha value is -8.93. The van der Waals surface area contributed by atoms with Gasteiger partial charge in [-0.1, -0.05) is 194 Å². The van der Waals surface area contributed by atoms with Crippen molar-refractivity contribution in [3.8, 4) is 67.8 Å². The quantitative estimate of drug-likeness (QED) is 0.161. The van der Waals surface area contributed by atoms with Gasteiger partial charge in [0.1, 0.15) is 0 Å². The summed E-state index contributed by atoms with van der Waals surface area (Å²) in [5.74, 6) is 1.84. The first-order valence-electron chi connectivity index (χ1n) is 22.4. The normalized spacial score (nSPS) is 11.6. The average Bonchev–Trinajstić information content (AvgIpc) is 3.93. The van der Waals surface area contributed by atoms with Gasteiger partial charge in [-0.3, -0.25) is 0 Å². The van der Waals surface area contributed by atoms with Crippen molar-refractivity contribution in [1.82, 2.24) is 24.1 Å². The van der Waals surface area contributed by atoms with Crippen LogP contribution < -0.4 is 0 Å². The average molecular weight is 842 g/mol. The molecule has 3 heterocycles. The lowest BCUT2D eigenvalue weighted by Gasteiger charge is -2.17. The summed E-state index contributed by atoms with van der Waals surface area (Å²) in [6, 6.07) is 84.1. The predicted octanol–water partition coefficient (Wildman–Crippen LogP) is 15.6. The number of para-hydroxylation sites is 2. The van der Waals surface area contributed by atoms with E-state index in [-0.39, 0.29) is 0 Å². The van der Waals surface area contributed by atoms with Crippen molar-refractivity contribution in [3.63, 3.8) is 0 Å². The number of nitrogens with zero attached hydrogens (tertiary/aromatic N) is 5. The zero-order valence-corrected chi connectivity index (χ0v) is 35.8. The van der Waals surface area contributed by atoms with Crippen LogP contribution in [0.3, 0.4) is 0 Å². The highest BCUT2D eigenvalue weighted by Crippen LogP contribution is 2.46. The number of benzene rings is 10. The summed E-state index contributed by atoms with van der Waals surface area (Å²) in [6.07, 6.45) is 0. The molecule has 0 radical (unpaired) electrons. The lowest BCUT2D eigenvalue weighted by molar-refractivity contribution is 1.06. The van der Waals surface area contributed by atoms with Gasteiger partial charge in [0, 0.05) is 49.3 Å². The Bertz CT molecular complexity index is 3910. The highest BCUT2D eigenvalue weighted by Gasteiger charge is 2.25. The first-order chi connectivity index (χ1) is 32.8. The number of hydrogen-bond acceptors (Lipinski definition) is 3. The van der Waals surface area contributed by atoms with Crippen molar-refractivity contribution in [1.29, 1.82) is 0 Å². The van der Waals surface area contributed by atoms with Crippen LogP contribution in [0.15, 0.2) is 237 Å². The Balaban J connectivity index is 1.15. The number of hydrogen-bond donors (Lipinski definition) is 0. The SMILES string of the molecule is c1ccc(-c2ccc(-c3nc(-c4ccccc4)nc(-c4ccccc4)n3)c(-n3c4cccc(-c5cccc6c5c5ccccc5n6-c5ccccc5)c4c4ccc5ccccc5c43)c2)cc1. The second-order valence-electron chi connectivity index (χ2n) is 16.7. The van der Waals surface area contributed by atoms with E-state index in [1.54, 1.807) is 0 Å². The zero-order valence-electron chi connectivity index (χ0n) is 35.8. The van der Waals surface area contributed by atoms with E-state index >= 15 is 0 Å². The second kappa shape index (κ2) is 15.4. The zero-order chi connectivity index (χ0) is 43.6. The molecule has 13 rings (SSSR count). The standard InChI is InChI=1S/C61H39N5/c1-5-19-40(20-6-1)44-36-37-50(61-63-59(42-22-7-2-8-23-42)62-60(64-61)43-24-9-3-10-25-43)55(39-44)66-54-34-18-31-48(57(54)51-38-35-41-21-13-14-28-46(41)58(51)66)47-30-17-33-53-56(47)49-29-15-16-32-52(49)65(53)45-26-11-4-12-27-45/h1-39H. The number of rotatable bonds is 7. The Morgan fingerprint density at radius 2 is 0.803 bits per heavy atom. The van der Waals surface area contributed by atoms with Gasteiger partial charge < -0.3 is 9.13 Å². The van der Waals surface area contributed by atoms with E-state index in [0.717, 1.165) is 55.6 Å². The molecule has 0 saturated carbocycles. The number of fused-ring (bicyclic) bond motifs is 8. The van der Waals surface area contributed by atoms with Crippen molar-refractivity contribution in [2.75, 3.05) is 0 Å². The molecule has 0 aliphatic heterocycles. The summed E-state index contributed by atoms with van der Waals surface area (Å²) in [6.45, 7) is 0. The van der Waals surface area contributed by atoms with Crippen LogP contribution in [-0.2, 0) is 0 Å². The molecule has 0 bridgehead atoms. The molecule has 10 aromatic carbocycles. The summed E-state index contributed by atoms with van der Waals surface area (Å²) in [5, 5.41) is 7.13. The van der Waals surface area contributed by atoms with Crippen LogP contribution in [0.1, 0.15) is 0 Å². The molecule has 0 fully saturated rings. The van der Waals surface area contributed by atoms with Crippen molar-refractivity contribution >= 4 is 54.4 Å². The molecule has 0 aliphatic rings. The molecule has 0 saturated heterocycles. The maximum absolute atomic E-state index is 5.31. The third kappa shape index (κ3) is 6.05. The van der Waals surface area contributed by atoms with E-state index < -0.39 is 0 Å². The molecular formula is C61H39N5. The lowest BCUT2D eigenvalue weighted by atomic mass is 9.95. The molecule has 5 heteroatoms. The van der Waals surface area contributed by atoms with Gasteiger partial charge in [0.2, 0.25) is 0 Å². The fourth-order valence-electron chi connectivity index (χ4n) is 10.0. The van der Waals surface area contributed by atoms with Crippen LogP contribution in [0.2, 0.25) is 0 Å². The Morgan fingerprint density at radius 3 is 1.47 bits per heavy atom. The van der Waals surface area contributed by atoms with Gasteiger partial charge in [0.25, 0.3) is 0 Å². The highest BCUT2D eigenvalue weighted by atomic mass is 15.1. The minimum atomic E-state index is 0.599. The fraction of sp³-hybridized carbons (Fsp3) is 0. The molecule has 5 nitrogen and oxygen atoms in total. The first kappa shape index (κ1) is 37.6. The lowest BCUT2D eigenvalue weighted by Crippen LogP contribution is -2.04. The molecule has 66 heavy (non-hydrogen) atoms. The van der Waals surface area contributed by atoms with Gasteiger partial charge in [-0.2, -0.15) is 0 Å². The van der Waals surface area contributed by atoms with Gasteiger partial charge in [0.05, 0.1) is 27.8 Å². The van der Waals surface area contributed by atoms with E-state index in [4.69, 9.17) is 15.0 Å². The van der Waals surface area contributed by atoms with Crippen LogP contribution in [0.5, 0.6) is 0 Å². The van der Waals surface area contributed by atoms with Crippen LogP contribution in [0.25, 0.3) is 122 Å². The summed E-state index contributed by atoms with van der Waals surface area (Å²) >= 11 is 0. The first-order valence-corrected chi connectivity index (χ1v) is 22.4. The molecular weight excluding hydrogens is 803 g/mol. The second-order valence-corrected chi connectivity index (χ2v) is 16.7. The van der Waals surface area contributed by atoms with Gasteiger partial charge in [-0.15, -0.1) is 0 Å². The minimum Gasteiger partial charge on any atom is -0.309 e. The molecule has 0 spiro atoms. The smallest absolute Gasteiger partial charge is 0.166 e. The van der Waals surface area contributed by atoms with Crippen molar-refractivity contribution in [2.24, 2.45) is 0 Å². The highest BCUT2D eigenvalue weighted by molar-refractivity contribution is 6.25. The monoisotopic (exact) mass is 841 g/mol. The van der Waals surface area contributed by atoms with Crippen molar-refractivity contribution in [2.45, 2.75) is 0 Å². The molecule has 3 aromatic heterocycles. The van der Waals surface area contributed by atoms with E-state index in [1.165, 1.54) is 49.1 Å². The maximum atomic E-state index is 5.31. The Labute approximate surface area is 381 Å². The third-order valence-corrected chi connectivity index (χ3v) is 13.0. The summed E-state index contributed by atoms with van der Waals surface area (Å²) in [5.41, 5.74) is 14.0. The topological polar surface area (TPSA) is 48.5 Å². The molecule has 0 amide bonds. The van der Waals surface area contributed by atoms with Gasteiger partial charge >= 0.3 is 0 Å². The molecule has 0 atom stereocenters. The maximum Gasteiger partial charge on any atom is 0.166 e. The third-order valence-electron chi connectivity index (χ3n) is 13.0. The molecule has 308 valence electrons. The van der Waals surface area contributed by atoms with Crippen LogP contribution in [0, 0.1) is 0 Å². The van der Waals surface area contributed by atoms with Gasteiger partial charge in [-0.05, 0) is 70.1 Å². The van der Waals surface area contributed by atoms with Gasteiger partial charge in [0.15, 0.2) is 17.5 Å². The molecule has 13 aromatic rings. The van der Waals surface area contributed by atoms with Crippen LogP contribution in [0.4, 0.5) is 0 Å². The fourth-order valence-corrected chi connectivity index (χ4v) is 10.0. The van der Waals surface area contributed by atoms with E-state index in [0.29, 0.717) is 17.5 Å². The summed E-state index contributed by atoms with van der Waals surface area (Å²) < 4.78 is 4.87. The van der Waals surface area contributed by atoms with Crippen LogP contribution >= 0.6 is 0 Å². The van der Waals surface area contributed by atoms with E-state index in [9.17, 15) is 0 Å². The van der Waals surface area contributed by atoms with Crippen molar-refractivity contribution < 1.29 is 0 Å². The Morgan fingerprint density at radius 1 is 0.288 bits per heavy atom. The van der Waals surface area contributed by atoms with Crippen LogP contribution in [-0.4, -0.2) is 24.1 Å². The summed E-state index contributed by atoms with van der Waals surface area (Å²) in [4.78, 5) is 15.7. The minimum absolute atomic E-state index is 0.599. The summed E-state index contributed by atoms with van der Waals surface area (Å²) in [7, 11) is 0. The van der Waals surface area contributed by atoms with Crippen molar-refractivity contribution in [3.05, 3.63) is 237 Å².